The number of ether oxygens (including phenoxy) is 2. The van der Waals surface area contributed by atoms with Crippen LogP contribution in [0.3, 0.4) is 0 Å². The van der Waals surface area contributed by atoms with Crippen molar-refractivity contribution in [2.45, 2.75) is 111 Å². The Morgan fingerprint density at radius 1 is 0.621 bits per heavy atom. The van der Waals surface area contributed by atoms with Gasteiger partial charge in [0.2, 0.25) is 0 Å². The second-order valence-electron chi connectivity index (χ2n) is 9.72. The van der Waals surface area contributed by atoms with Crippen LogP contribution in [0, 0.1) is 23.7 Å². The Labute approximate surface area is 179 Å². The minimum absolute atomic E-state index is 0.0314. The van der Waals surface area contributed by atoms with Gasteiger partial charge in [0.05, 0.1) is 25.0 Å². The van der Waals surface area contributed by atoms with Crippen molar-refractivity contribution in [3.63, 3.8) is 0 Å². The third-order valence-electron chi connectivity index (χ3n) is 5.98. The van der Waals surface area contributed by atoms with Gasteiger partial charge in [0, 0.05) is 0 Å². The van der Waals surface area contributed by atoms with Crippen LogP contribution in [-0.2, 0) is 19.1 Å². The molecule has 0 spiro atoms. The summed E-state index contributed by atoms with van der Waals surface area (Å²) in [7, 11) is 0. The molecule has 29 heavy (non-hydrogen) atoms. The molecule has 0 heterocycles. The van der Waals surface area contributed by atoms with Crippen LogP contribution in [-0.4, -0.2) is 25.2 Å². The number of unbranched alkanes of at least 4 members (excludes halogenated alkanes) is 5. The van der Waals surface area contributed by atoms with Crippen molar-refractivity contribution in [3.05, 3.63) is 0 Å². The number of carbonyl (C=O) groups is 2. The van der Waals surface area contributed by atoms with Gasteiger partial charge in [-0.3, -0.25) is 9.59 Å². The predicted octanol–water partition coefficient (Wildman–Crippen LogP) is 6.70. The number of hydrogen-bond donors (Lipinski definition) is 0. The first-order chi connectivity index (χ1) is 13.9. The number of esters is 2. The van der Waals surface area contributed by atoms with Gasteiger partial charge in [-0.25, -0.2) is 0 Å². The Bertz CT molecular complexity index is 436. The lowest BCUT2D eigenvalue weighted by atomic mass is 9.82. The molecule has 1 saturated carbocycles. The standard InChI is InChI=1S/C25H46O4/c1-20(2)12-8-6-5-7-10-18-28-24(26)22-14-16-23(17-15-22)25(27)29-19-11-9-13-21(3)4/h20-23H,5-19H2,1-4H3. The summed E-state index contributed by atoms with van der Waals surface area (Å²) in [6.45, 7) is 10.0. The molecule has 170 valence electrons. The van der Waals surface area contributed by atoms with E-state index in [0.29, 0.717) is 19.1 Å². The lowest BCUT2D eigenvalue weighted by Crippen LogP contribution is -2.28. The summed E-state index contributed by atoms with van der Waals surface area (Å²) < 4.78 is 10.9. The Balaban J connectivity index is 2.04. The average molecular weight is 411 g/mol. The van der Waals surface area contributed by atoms with Gasteiger partial charge in [-0.05, 0) is 56.8 Å². The van der Waals surface area contributed by atoms with E-state index >= 15 is 0 Å². The second kappa shape index (κ2) is 15.7. The normalized spacial score (nSPS) is 19.5. The largest absolute Gasteiger partial charge is 0.465 e. The van der Waals surface area contributed by atoms with Gasteiger partial charge >= 0.3 is 11.9 Å². The van der Waals surface area contributed by atoms with E-state index in [-0.39, 0.29) is 23.8 Å². The highest BCUT2D eigenvalue weighted by Crippen LogP contribution is 2.30. The molecule has 0 N–H and O–H groups in total. The van der Waals surface area contributed by atoms with Crippen LogP contribution in [0.15, 0.2) is 0 Å². The topological polar surface area (TPSA) is 52.6 Å². The molecule has 0 saturated heterocycles. The molecule has 0 radical (unpaired) electrons. The van der Waals surface area contributed by atoms with E-state index in [1.807, 2.05) is 0 Å². The van der Waals surface area contributed by atoms with Crippen molar-refractivity contribution < 1.29 is 19.1 Å². The zero-order valence-electron chi connectivity index (χ0n) is 19.5. The number of carbonyl (C=O) groups excluding carboxylic acids is 2. The summed E-state index contributed by atoms with van der Waals surface area (Å²) in [5.74, 6) is 1.30. The molecule has 0 atom stereocenters. The molecule has 1 aliphatic rings. The second-order valence-corrected chi connectivity index (χ2v) is 9.72. The maximum Gasteiger partial charge on any atom is 0.308 e. The molecule has 0 amide bonds. The van der Waals surface area contributed by atoms with Crippen LogP contribution in [0.25, 0.3) is 0 Å². The first-order valence-electron chi connectivity index (χ1n) is 12.2. The summed E-state index contributed by atoms with van der Waals surface area (Å²) >= 11 is 0. The zero-order chi connectivity index (χ0) is 21.5. The minimum Gasteiger partial charge on any atom is -0.465 e. The van der Waals surface area contributed by atoms with Crippen molar-refractivity contribution in [3.8, 4) is 0 Å². The molecule has 0 aliphatic heterocycles. The lowest BCUT2D eigenvalue weighted by molar-refractivity contribution is -0.155. The smallest absolute Gasteiger partial charge is 0.308 e. The van der Waals surface area contributed by atoms with E-state index in [1.165, 1.54) is 32.1 Å². The highest BCUT2D eigenvalue weighted by molar-refractivity contribution is 5.75. The van der Waals surface area contributed by atoms with Crippen molar-refractivity contribution >= 4 is 11.9 Å². The van der Waals surface area contributed by atoms with E-state index in [9.17, 15) is 9.59 Å². The van der Waals surface area contributed by atoms with Gasteiger partial charge in [-0.1, -0.05) is 66.2 Å². The summed E-state index contributed by atoms with van der Waals surface area (Å²) in [6, 6.07) is 0. The lowest BCUT2D eigenvalue weighted by Gasteiger charge is -2.26. The fourth-order valence-electron chi connectivity index (χ4n) is 3.99. The summed E-state index contributed by atoms with van der Waals surface area (Å²) in [6.07, 6.45) is 13.5. The van der Waals surface area contributed by atoms with Crippen LogP contribution in [0.5, 0.6) is 0 Å². The zero-order valence-corrected chi connectivity index (χ0v) is 19.5. The third kappa shape index (κ3) is 13.0. The first kappa shape index (κ1) is 26.0. The van der Waals surface area contributed by atoms with Gasteiger partial charge in [0.15, 0.2) is 0 Å². The Morgan fingerprint density at radius 3 is 1.41 bits per heavy atom. The minimum atomic E-state index is -0.0705. The van der Waals surface area contributed by atoms with Crippen LogP contribution in [0.1, 0.15) is 111 Å². The van der Waals surface area contributed by atoms with Crippen LogP contribution in [0.4, 0.5) is 0 Å². The Kier molecular flexibility index (Phi) is 14.1. The van der Waals surface area contributed by atoms with Crippen LogP contribution < -0.4 is 0 Å². The summed E-state index contributed by atoms with van der Waals surface area (Å²) in [4.78, 5) is 24.4. The van der Waals surface area contributed by atoms with Crippen molar-refractivity contribution in [1.82, 2.24) is 0 Å². The fourth-order valence-corrected chi connectivity index (χ4v) is 3.99. The maximum absolute atomic E-state index is 12.2. The van der Waals surface area contributed by atoms with Crippen LogP contribution in [0.2, 0.25) is 0 Å². The van der Waals surface area contributed by atoms with Crippen molar-refractivity contribution in [2.75, 3.05) is 13.2 Å². The van der Waals surface area contributed by atoms with Crippen molar-refractivity contribution in [1.29, 1.82) is 0 Å². The van der Waals surface area contributed by atoms with E-state index in [0.717, 1.165) is 57.3 Å². The van der Waals surface area contributed by atoms with Crippen molar-refractivity contribution in [2.24, 2.45) is 23.7 Å². The number of hydrogen-bond acceptors (Lipinski definition) is 4. The molecule has 1 fully saturated rings. The molecule has 0 aromatic carbocycles. The van der Waals surface area contributed by atoms with E-state index in [2.05, 4.69) is 27.7 Å². The average Bonchev–Trinajstić information content (AvgIpc) is 2.69. The maximum atomic E-state index is 12.2. The SMILES string of the molecule is CC(C)CCCCCCCOC(=O)C1CCC(C(=O)OCCCCC(C)C)CC1. The highest BCUT2D eigenvalue weighted by Gasteiger charge is 2.31. The van der Waals surface area contributed by atoms with Crippen LogP contribution >= 0.6 is 0 Å². The first-order valence-corrected chi connectivity index (χ1v) is 12.2. The molecule has 1 rings (SSSR count). The summed E-state index contributed by atoms with van der Waals surface area (Å²) in [5.41, 5.74) is 0. The predicted molar refractivity (Wildman–Crippen MR) is 119 cm³/mol. The van der Waals surface area contributed by atoms with Gasteiger partial charge in [0.25, 0.3) is 0 Å². The molecule has 4 heteroatoms. The van der Waals surface area contributed by atoms with Gasteiger partial charge < -0.3 is 9.47 Å². The molecule has 0 unspecified atom stereocenters. The molecule has 0 aromatic rings. The quantitative estimate of drug-likeness (QED) is 0.222. The monoisotopic (exact) mass is 410 g/mol. The molecular formula is C25H46O4. The molecule has 1 aliphatic carbocycles. The Hall–Kier alpha value is -1.06. The van der Waals surface area contributed by atoms with Gasteiger partial charge in [-0.15, -0.1) is 0 Å². The van der Waals surface area contributed by atoms with E-state index in [1.54, 1.807) is 0 Å². The third-order valence-corrected chi connectivity index (χ3v) is 5.98. The molecular weight excluding hydrogens is 364 g/mol. The molecule has 0 bridgehead atoms. The number of rotatable bonds is 15. The van der Waals surface area contributed by atoms with Gasteiger partial charge in [-0.2, -0.15) is 0 Å². The van der Waals surface area contributed by atoms with E-state index < -0.39 is 0 Å². The van der Waals surface area contributed by atoms with Gasteiger partial charge in [0.1, 0.15) is 0 Å². The Morgan fingerprint density at radius 2 is 0.966 bits per heavy atom. The fraction of sp³-hybridized carbons (Fsp3) is 0.920. The molecule has 4 nitrogen and oxygen atoms in total. The molecule has 0 aromatic heterocycles. The van der Waals surface area contributed by atoms with E-state index in [4.69, 9.17) is 9.47 Å². The highest BCUT2D eigenvalue weighted by atomic mass is 16.5. The summed E-state index contributed by atoms with van der Waals surface area (Å²) in [5, 5.41) is 0.